The van der Waals surface area contributed by atoms with Crippen LogP contribution in [0.1, 0.15) is 5.56 Å². The standard InChI is InChI=1S/C11H11BrFN3/c1-6-10(15-16(2)11(6)14)7-3-4-8(12)9(13)5-7/h3-5H,14H2,1-2H3. The van der Waals surface area contributed by atoms with Crippen LogP contribution < -0.4 is 5.73 Å². The van der Waals surface area contributed by atoms with E-state index >= 15 is 0 Å². The summed E-state index contributed by atoms with van der Waals surface area (Å²) >= 11 is 3.11. The van der Waals surface area contributed by atoms with Gasteiger partial charge >= 0.3 is 0 Å². The number of aromatic nitrogens is 2. The summed E-state index contributed by atoms with van der Waals surface area (Å²) in [6.45, 7) is 1.87. The molecular formula is C11H11BrFN3. The van der Waals surface area contributed by atoms with Crippen molar-refractivity contribution < 1.29 is 4.39 Å². The van der Waals surface area contributed by atoms with Gasteiger partial charge in [-0.25, -0.2) is 4.39 Å². The highest BCUT2D eigenvalue weighted by molar-refractivity contribution is 9.10. The van der Waals surface area contributed by atoms with Crippen molar-refractivity contribution >= 4 is 21.7 Å². The smallest absolute Gasteiger partial charge is 0.138 e. The predicted octanol–water partition coefficient (Wildman–Crippen LogP) is 2.88. The van der Waals surface area contributed by atoms with E-state index in [2.05, 4.69) is 21.0 Å². The zero-order chi connectivity index (χ0) is 11.9. The highest BCUT2D eigenvalue weighted by Crippen LogP contribution is 2.28. The molecule has 2 N–H and O–H groups in total. The highest BCUT2D eigenvalue weighted by Gasteiger charge is 2.12. The van der Waals surface area contributed by atoms with Crippen LogP contribution in [-0.4, -0.2) is 9.78 Å². The molecule has 1 aromatic carbocycles. The fourth-order valence-electron chi connectivity index (χ4n) is 1.56. The summed E-state index contributed by atoms with van der Waals surface area (Å²) in [5.74, 6) is 0.291. The lowest BCUT2D eigenvalue weighted by Gasteiger charge is -2.00. The maximum absolute atomic E-state index is 13.4. The van der Waals surface area contributed by atoms with E-state index < -0.39 is 0 Å². The first-order chi connectivity index (χ1) is 7.50. The molecule has 3 nitrogen and oxygen atoms in total. The lowest BCUT2D eigenvalue weighted by atomic mass is 10.1. The second kappa shape index (κ2) is 3.90. The Balaban J connectivity index is 2.59. The Hall–Kier alpha value is -1.36. The van der Waals surface area contributed by atoms with Crippen molar-refractivity contribution in [1.82, 2.24) is 9.78 Å². The molecule has 0 aliphatic rings. The van der Waals surface area contributed by atoms with Crippen LogP contribution in [0.15, 0.2) is 22.7 Å². The molecule has 16 heavy (non-hydrogen) atoms. The Bertz CT molecular complexity index is 548. The molecule has 0 atom stereocenters. The minimum Gasteiger partial charge on any atom is -0.384 e. The van der Waals surface area contributed by atoms with Gasteiger partial charge in [0.15, 0.2) is 0 Å². The van der Waals surface area contributed by atoms with Crippen LogP contribution in [-0.2, 0) is 7.05 Å². The topological polar surface area (TPSA) is 43.8 Å². The Kier molecular flexibility index (Phi) is 2.71. The molecule has 0 aliphatic carbocycles. The zero-order valence-electron chi connectivity index (χ0n) is 8.96. The van der Waals surface area contributed by atoms with Crippen LogP contribution in [0.5, 0.6) is 0 Å². The average molecular weight is 284 g/mol. The van der Waals surface area contributed by atoms with Crippen molar-refractivity contribution in [1.29, 1.82) is 0 Å². The molecule has 0 aliphatic heterocycles. The molecule has 0 fully saturated rings. The van der Waals surface area contributed by atoms with Gasteiger partial charge in [0.05, 0.1) is 10.2 Å². The number of nitrogen functional groups attached to an aromatic ring is 1. The number of rotatable bonds is 1. The van der Waals surface area contributed by atoms with Gasteiger partial charge in [0, 0.05) is 18.2 Å². The van der Waals surface area contributed by atoms with E-state index in [4.69, 9.17) is 5.73 Å². The van der Waals surface area contributed by atoms with Crippen LogP contribution in [0, 0.1) is 12.7 Å². The normalized spacial score (nSPS) is 10.8. The lowest BCUT2D eigenvalue weighted by molar-refractivity contribution is 0.621. The summed E-state index contributed by atoms with van der Waals surface area (Å²) in [5, 5.41) is 4.26. The molecular weight excluding hydrogens is 273 g/mol. The zero-order valence-corrected chi connectivity index (χ0v) is 10.5. The molecule has 2 aromatic rings. The molecule has 1 aromatic heterocycles. The molecule has 0 saturated carbocycles. The summed E-state index contributed by atoms with van der Waals surface area (Å²) in [4.78, 5) is 0. The first-order valence-corrected chi connectivity index (χ1v) is 5.54. The van der Waals surface area contributed by atoms with Crippen molar-refractivity contribution in [3.05, 3.63) is 34.1 Å². The number of hydrogen-bond donors (Lipinski definition) is 1. The van der Waals surface area contributed by atoms with Gasteiger partial charge in [-0.3, -0.25) is 4.68 Å². The molecule has 2 rings (SSSR count). The minimum atomic E-state index is -0.305. The van der Waals surface area contributed by atoms with Gasteiger partial charge in [0.1, 0.15) is 11.6 Å². The number of benzene rings is 1. The maximum atomic E-state index is 13.4. The van der Waals surface area contributed by atoms with Gasteiger partial charge in [-0.1, -0.05) is 6.07 Å². The fraction of sp³-hybridized carbons (Fsp3) is 0.182. The summed E-state index contributed by atoms with van der Waals surface area (Å²) in [7, 11) is 1.76. The van der Waals surface area contributed by atoms with Crippen molar-refractivity contribution in [3.8, 4) is 11.3 Å². The average Bonchev–Trinajstić information content (AvgIpc) is 2.50. The highest BCUT2D eigenvalue weighted by atomic mass is 79.9. The molecule has 0 saturated heterocycles. The molecule has 0 bridgehead atoms. The second-order valence-corrected chi connectivity index (χ2v) is 4.47. The quantitative estimate of drug-likeness (QED) is 0.875. The lowest BCUT2D eigenvalue weighted by Crippen LogP contribution is -1.97. The van der Waals surface area contributed by atoms with Crippen molar-refractivity contribution in [2.24, 2.45) is 7.05 Å². The number of hydrogen-bond acceptors (Lipinski definition) is 2. The number of anilines is 1. The molecule has 1 heterocycles. The van der Waals surface area contributed by atoms with Crippen LogP contribution >= 0.6 is 15.9 Å². The monoisotopic (exact) mass is 283 g/mol. The molecule has 0 spiro atoms. The molecule has 84 valence electrons. The number of nitrogens with zero attached hydrogens (tertiary/aromatic N) is 2. The maximum Gasteiger partial charge on any atom is 0.138 e. The van der Waals surface area contributed by atoms with Gasteiger partial charge in [-0.05, 0) is 35.0 Å². The summed E-state index contributed by atoms with van der Waals surface area (Å²) in [6.07, 6.45) is 0. The second-order valence-electron chi connectivity index (χ2n) is 3.61. The fourth-order valence-corrected chi connectivity index (χ4v) is 1.81. The third-order valence-electron chi connectivity index (χ3n) is 2.53. The minimum absolute atomic E-state index is 0.305. The first kappa shape index (κ1) is 11.1. The predicted molar refractivity (Wildman–Crippen MR) is 65.5 cm³/mol. The van der Waals surface area contributed by atoms with E-state index in [1.54, 1.807) is 17.8 Å². The van der Waals surface area contributed by atoms with Gasteiger partial charge < -0.3 is 5.73 Å². The van der Waals surface area contributed by atoms with Gasteiger partial charge in [-0.15, -0.1) is 0 Å². The molecule has 0 amide bonds. The molecule has 0 radical (unpaired) electrons. The third-order valence-corrected chi connectivity index (χ3v) is 3.17. The van der Waals surface area contributed by atoms with E-state index in [9.17, 15) is 4.39 Å². The third kappa shape index (κ3) is 1.71. The van der Waals surface area contributed by atoms with Gasteiger partial charge in [-0.2, -0.15) is 5.10 Å². The van der Waals surface area contributed by atoms with Crippen molar-refractivity contribution in [2.75, 3.05) is 5.73 Å². The number of aryl methyl sites for hydroxylation is 1. The van der Waals surface area contributed by atoms with Crippen LogP contribution in [0.25, 0.3) is 11.3 Å². The van der Waals surface area contributed by atoms with E-state index in [1.807, 2.05) is 13.0 Å². The first-order valence-electron chi connectivity index (χ1n) is 4.75. The number of halogens is 2. The van der Waals surface area contributed by atoms with E-state index in [0.717, 1.165) is 11.1 Å². The summed E-state index contributed by atoms with van der Waals surface area (Å²) in [5.41, 5.74) is 8.11. The SMILES string of the molecule is Cc1c(-c2ccc(Br)c(F)c2)nn(C)c1N. The Morgan fingerprint density at radius 1 is 1.44 bits per heavy atom. The van der Waals surface area contributed by atoms with E-state index in [0.29, 0.717) is 16.0 Å². The van der Waals surface area contributed by atoms with Crippen molar-refractivity contribution in [3.63, 3.8) is 0 Å². The Labute approximate surface area is 101 Å². The van der Waals surface area contributed by atoms with E-state index in [-0.39, 0.29) is 5.82 Å². The van der Waals surface area contributed by atoms with Gasteiger partial charge in [0.25, 0.3) is 0 Å². The Morgan fingerprint density at radius 2 is 2.12 bits per heavy atom. The van der Waals surface area contributed by atoms with Crippen LogP contribution in [0.3, 0.4) is 0 Å². The van der Waals surface area contributed by atoms with Crippen molar-refractivity contribution in [2.45, 2.75) is 6.92 Å². The van der Waals surface area contributed by atoms with Crippen LogP contribution in [0.4, 0.5) is 10.2 Å². The molecule has 0 unspecified atom stereocenters. The summed E-state index contributed by atoms with van der Waals surface area (Å²) < 4.78 is 15.4. The van der Waals surface area contributed by atoms with Crippen LogP contribution in [0.2, 0.25) is 0 Å². The molecule has 5 heteroatoms. The number of nitrogens with two attached hydrogens (primary N) is 1. The van der Waals surface area contributed by atoms with Gasteiger partial charge in [0.2, 0.25) is 0 Å². The largest absolute Gasteiger partial charge is 0.384 e. The summed E-state index contributed by atoms with van der Waals surface area (Å²) in [6, 6.07) is 4.91. The Morgan fingerprint density at radius 3 is 2.62 bits per heavy atom. The van der Waals surface area contributed by atoms with E-state index in [1.165, 1.54) is 6.07 Å².